The molecule has 0 aliphatic heterocycles. The number of aliphatic hydroxyl groups is 1. The van der Waals surface area contributed by atoms with E-state index in [0.29, 0.717) is 11.3 Å². The molecule has 8 heteroatoms. The monoisotopic (exact) mass is 270 g/mol. The fourth-order valence-electron chi connectivity index (χ4n) is 1.21. The number of likely N-dealkylation sites (N-methyl/N-ethyl adjacent to an activating group) is 1. The number of methoxy groups -OCH3 is 1. The smallest absolute Gasteiger partial charge is 0.389 e. The maximum atomic E-state index is 12.3. The molecule has 0 aromatic carbocycles. The summed E-state index contributed by atoms with van der Waals surface area (Å²) in [5, 5.41) is 9.65. The first-order valence-electron chi connectivity index (χ1n) is 4.75. The normalized spacial score (nSPS) is 13.8. The molecule has 0 aliphatic rings. The van der Waals surface area contributed by atoms with Crippen molar-refractivity contribution in [3.05, 3.63) is 11.1 Å². The number of anilines is 1. The Morgan fingerprint density at radius 2 is 2.24 bits per heavy atom. The van der Waals surface area contributed by atoms with Gasteiger partial charge in [0.05, 0.1) is 18.9 Å². The molecule has 0 bridgehead atoms. The topological polar surface area (TPSA) is 45.6 Å². The van der Waals surface area contributed by atoms with Gasteiger partial charge in [-0.2, -0.15) is 13.2 Å². The molecular weight excluding hydrogens is 257 g/mol. The van der Waals surface area contributed by atoms with Crippen molar-refractivity contribution in [2.45, 2.75) is 12.3 Å². The van der Waals surface area contributed by atoms with Crippen molar-refractivity contribution >= 4 is 16.5 Å². The first kappa shape index (κ1) is 14.2. The summed E-state index contributed by atoms with van der Waals surface area (Å²) in [6.07, 6.45) is -4.34. The summed E-state index contributed by atoms with van der Waals surface area (Å²) in [5.74, 6) is 0. The van der Waals surface area contributed by atoms with E-state index in [-0.39, 0.29) is 18.3 Å². The number of rotatable bonds is 5. The predicted octanol–water partition coefficient (Wildman–Crippen LogP) is 1.61. The number of ether oxygens (including phenoxy) is 1. The van der Waals surface area contributed by atoms with Gasteiger partial charge in [-0.05, 0) is 0 Å². The molecule has 1 atom stereocenters. The van der Waals surface area contributed by atoms with E-state index in [4.69, 9.17) is 4.74 Å². The number of thiazole rings is 1. The zero-order chi connectivity index (χ0) is 13.1. The second-order valence-corrected chi connectivity index (χ2v) is 4.50. The SMILES string of the molecule is COCC(O)CN(C)c1ncc(C(F)(F)F)s1. The highest BCUT2D eigenvalue weighted by Crippen LogP contribution is 2.35. The van der Waals surface area contributed by atoms with E-state index in [0.717, 1.165) is 6.20 Å². The van der Waals surface area contributed by atoms with Crippen LogP contribution in [0.5, 0.6) is 0 Å². The highest BCUT2D eigenvalue weighted by atomic mass is 32.1. The van der Waals surface area contributed by atoms with Crippen molar-refractivity contribution in [3.8, 4) is 0 Å². The van der Waals surface area contributed by atoms with Gasteiger partial charge < -0.3 is 14.7 Å². The maximum Gasteiger partial charge on any atom is 0.427 e. The van der Waals surface area contributed by atoms with Crippen LogP contribution >= 0.6 is 11.3 Å². The summed E-state index contributed by atoms with van der Waals surface area (Å²) in [6, 6.07) is 0. The molecule has 0 amide bonds. The number of hydrogen-bond acceptors (Lipinski definition) is 5. The Labute approximate surface area is 101 Å². The summed E-state index contributed by atoms with van der Waals surface area (Å²) >= 11 is 0.546. The van der Waals surface area contributed by atoms with Crippen LogP contribution in [0.2, 0.25) is 0 Å². The summed E-state index contributed by atoms with van der Waals surface area (Å²) in [6.45, 7) is 0.292. The maximum absolute atomic E-state index is 12.3. The number of nitrogens with zero attached hydrogens (tertiary/aromatic N) is 2. The third-order valence-corrected chi connectivity index (χ3v) is 3.10. The fourth-order valence-corrected chi connectivity index (χ4v) is 1.97. The van der Waals surface area contributed by atoms with E-state index in [1.54, 1.807) is 7.05 Å². The van der Waals surface area contributed by atoms with Crippen LogP contribution in [0.4, 0.5) is 18.3 Å². The minimum Gasteiger partial charge on any atom is -0.389 e. The summed E-state index contributed by atoms with van der Waals surface area (Å²) in [7, 11) is 3.01. The molecule has 1 rings (SSSR count). The largest absolute Gasteiger partial charge is 0.427 e. The van der Waals surface area contributed by atoms with E-state index in [1.165, 1.54) is 12.0 Å². The van der Waals surface area contributed by atoms with E-state index in [1.807, 2.05) is 0 Å². The van der Waals surface area contributed by atoms with Crippen LogP contribution in [0.15, 0.2) is 6.20 Å². The van der Waals surface area contributed by atoms with E-state index < -0.39 is 17.2 Å². The lowest BCUT2D eigenvalue weighted by atomic mass is 10.3. The van der Waals surface area contributed by atoms with Crippen molar-refractivity contribution < 1.29 is 23.0 Å². The Morgan fingerprint density at radius 3 is 2.71 bits per heavy atom. The highest BCUT2D eigenvalue weighted by molar-refractivity contribution is 7.15. The first-order valence-corrected chi connectivity index (χ1v) is 5.57. The minimum atomic E-state index is -4.37. The van der Waals surface area contributed by atoms with Gasteiger partial charge in [-0.25, -0.2) is 4.98 Å². The first-order chi connectivity index (χ1) is 7.84. The van der Waals surface area contributed by atoms with Crippen molar-refractivity contribution in [1.82, 2.24) is 4.98 Å². The fraction of sp³-hybridized carbons (Fsp3) is 0.667. The lowest BCUT2D eigenvalue weighted by Crippen LogP contribution is -2.31. The standard InChI is InChI=1S/C9H13F3N2O2S/c1-14(4-6(15)5-16-2)8-13-3-7(17-8)9(10,11)12/h3,6,15H,4-5H2,1-2H3. The van der Waals surface area contributed by atoms with Crippen LogP contribution in [0, 0.1) is 0 Å². The predicted molar refractivity (Wildman–Crippen MR) is 58.3 cm³/mol. The molecule has 1 unspecified atom stereocenters. The molecule has 0 saturated carbocycles. The molecule has 0 spiro atoms. The van der Waals surface area contributed by atoms with Crippen molar-refractivity contribution in [2.75, 3.05) is 32.2 Å². The second-order valence-electron chi connectivity index (χ2n) is 3.49. The van der Waals surface area contributed by atoms with Crippen LogP contribution in [0.1, 0.15) is 4.88 Å². The highest BCUT2D eigenvalue weighted by Gasteiger charge is 2.33. The number of aromatic nitrogens is 1. The number of hydrogen-bond donors (Lipinski definition) is 1. The van der Waals surface area contributed by atoms with Crippen molar-refractivity contribution in [1.29, 1.82) is 0 Å². The summed E-state index contributed by atoms with van der Waals surface area (Å²) < 4.78 is 41.7. The Hall–Kier alpha value is -0.860. The molecule has 1 aromatic heterocycles. The van der Waals surface area contributed by atoms with Crippen LogP contribution in [-0.4, -0.2) is 43.5 Å². The van der Waals surface area contributed by atoms with Gasteiger partial charge in [0.1, 0.15) is 4.88 Å². The van der Waals surface area contributed by atoms with Crippen LogP contribution in [-0.2, 0) is 10.9 Å². The number of aliphatic hydroxyl groups excluding tert-OH is 1. The quantitative estimate of drug-likeness (QED) is 0.883. The Bertz CT molecular complexity index is 356. The average Bonchev–Trinajstić information content (AvgIpc) is 2.65. The summed E-state index contributed by atoms with van der Waals surface area (Å²) in [5.41, 5.74) is 0. The molecule has 0 fully saturated rings. The van der Waals surface area contributed by atoms with Gasteiger partial charge in [-0.15, -0.1) is 0 Å². The lowest BCUT2D eigenvalue weighted by molar-refractivity contribution is -0.134. The number of alkyl halides is 3. The van der Waals surface area contributed by atoms with E-state index >= 15 is 0 Å². The van der Waals surface area contributed by atoms with Crippen molar-refractivity contribution in [3.63, 3.8) is 0 Å². The summed E-state index contributed by atoms with van der Waals surface area (Å²) in [4.78, 5) is 4.38. The number of halogens is 3. The molecule has 1 heterocycles. The van der Waals surface area contributed by atoms with Crippen molar-refractivity contribution in [2.24, 2.45) is 0 Å². The molecular formula is C9H13F3N2O2S. The molecule has 17 heavy (non-hydrogen) atoms. The molecule has 1 N–H and O–H groups in total. The Morgan fingerprint density at radius 1 is 1.59 bits per heavy atom. The van der Waals surface area contributed by atoms with Gasteiger partial charge in [-0.1, -0.05) is 11.3 Å². The molecule has 0 radical (unpaired) electrons. The third kappa shape index (κ3) is 4.14. The molecule has 4 nitrogen and oxygen atoms in total. The van der Waals surface area contributed by atoms with Gasteiger partial charge in [0.2, 0.25) is 0 Å². The average molecular weight is 270 g/mol. The zero-order valence-corrected chi connectivity index (χ0v) is 10.2. The Balaban J connectivity index is 2.64. The third-order valence-electron chi connectivity index (χ3n) is 1.94. The molecule has 0 saturated heterocycles. The van der Waals surface area contributed by atoms with E-state index in [2.05, 4.69) is 4.98 Å². The zero-order valence-electron chi connectivity index (χ0n) is 9.36. The van der Waals surface area contributed by atoms with Gasteiger partial charge in [-0.3, -0.25) is 0 Å². The van der Waals surface area contributed by atoms with Crippen LogP contribution in [0.3, 0.4) is 0 Å². The second kappa shape index (κ2) is 5.65. The minimum absolute atomic E-state index is 0.127. The Kier molecular flexibility index (Phi) is 4.72. The van der Waals surface area contributed by atoms with Gasteiger partial charge in [0.25, 0.3) is 0 Å². The van der Waals surface area contributed by atoms with Gasteiger partial charge >= 0.3 is 6.18 Å². The lowest BCUT2D eigenvalue weighted by Gasteiger charge is -2.19. The molecule has 98 valence electrons. The van der Waals surface area contributed by atoms with Gasteiger partial charge in [0.15, 0.2) is 5.13 Å². The molecule has 1 aromatic rings. The molecule has 0 aliphatic carbocycles. The van der Waals surface area contributed by atoms with E-state index in [9.17, 15) is 18.3 Å². The van der Waals surface area contributed by atoms with Crippen LogP contribution in [0.25, 0.3) is 0 Å². The van der Waals surface area contributed by atoms with Gasteiger partial charge in [0, 0.05) is 20.7 Å². The van der Waals surface area contributed by atoms with Crippen LogP contribution < -0.4 is 4.90 Å².